The second kappa shape index (κ2) is 9.31. The summed E-state index contributed by atoms with van der Waals surface area (Å²) in [5, 5.41) is 10.2. The van der Waals surface area contributed by atoms with E-state index in [4.69, 9.17) is 4.74 Å². The van der Waals surface area contributed by atoms with Crippen LogP contribution in [-0.2, 0) is 9.84 Å². The van der Waals surface area contributed by atoms with Crippen molar-refractivity contribution in [3.05, 3.63) is 66.4 Å². The van der Waals surface area contributed by atoms with Gasteiger partial charge in [-0.3, -0.25) is 9.78 Å². The van der Waals surface area contributed by atoms with Gasteiger partial charge in [-0.1, -0.05) is 6.07 Å². The molecule has 3 aromatic heterocycles. The van der Waals surface area contributed by atoms with Gasteiger partial charge in [-0.2, -0.15) is 5.26 Å². The van der Waals surface area contributed by atoms with Crippen LogP contribution in [0.5, 0.6) is 5.88 Å². The number of carbonyl (C=O) groups excluding carboxylic acids is 1. The Hall–Kier alpha value is -4.43. The summed E-state index contributed by atoms with van der Waals surface area (Å²) in [6, 6.07) is 11.1. The molecule has 10 nitrogen and oxygen atoms in total. The smallest absolute Gasteiger partial charge is 0.255 e. The molecule has 0 spiro atoms. The van der Waals surface area contributed by atoms with Crippen LogP contribution < -0.4 is 4.74 Å². The summed E-state index contributed by atoms with van der Waals surface area (Å²) in [6.07, 6.45) is 6.17. The van der Waals surface area contributed by atoms with Crippen LogP contribution in [0.3, 0.4) is 0 Å². The molecule has 11 heteroatoms. The summed E-state index contributed by atoms with van der Waals surface area (Å²) in [5.74, 6) is -0.103. The minimum atomic E-state index is -3.10. The largest absolute Gasteiger partial charge is 0.480 e. The third kappa shape index (κ3) is 4.46. The van der Waals surface area contributed by atoms with Crippen molar-refractivity contribution in [2.75, 3.05) is 31.7 Å². The molecule has 0 aliphatic carbocycles. The summed E-state index contributed by atoms with van der Waals surface area (Å²) >= 11 is 0. The number of amides is 1. The van der Waals surface area contributed by atoms with E-state index in [9.17, 15) is 18.5 Å². The second-order valence-electron chi connectivity index (χ2n) is 8.25. The maximum atomic E-state index is 13.0. The SMILES string of the molecule is COc1ncc(-c2ccc3ncnc(-c4cncc(C(=O)N5CCS(=O)(=O)CC5)c4)c3c2)cc1C#N. The van der Waals surface area contributed by atoms with Gasteiger partial charge in [0.25, 0.3) is 5.91 Å². The third-order valence-electron chi connectivity index (χ3n) is 6.02. The Morgan fingerprint density at radius 1 is 1.00 bits per heavy atom. The number of hydrogen-bond acceptors (Lipinski definition) is 9. The molecule has 36 heavy (non-hydrogen) atoms. The number of ether oxygens (including phenoxy) is 1. The molecule has 1 amide bonds. The van der Waals surface area contributed by atoms with Gasteiger partial charge in [0, 0.05) is 48.2 Å². The van der Waals surface area contributed by atoms with E-state index < -0.39 is 9.84 Å². The first-order chi connectivity index (χ1) is 17.4. The third-order valence-corrected chi connectivity index (χ3v) is 7.63. The fraction of sp³-hybridized carbons (Fsp3) is 0.200. The molecule has 0 atom stereocenters. The first kappa shape index (κ1) is 23.3. The van der Waals surface area contributed by atoms with Crippen molar-refractivity contribution in [2.45, 2.75) is 0 Å². The lowest BCUT2D eigenvalue weighted by molar-refractivity contribution is 0.0770. The maximum absolute atomic E-state index is 13.0. The zero-order valence-corrected chi connectivity index (χ0v) is 20.1. The molecule has 0 bridgehead atoms. The number of fused-ring (bicyclic) bond motifs is 1. The molecule has 0 saturated carbocycles. The number of rotatable bonds is 4. The predicted molar refractivity (Wildman–Crippen MR) is 132 cm³/mol. The number of nitrogens with zero attached hydrogens (tertiary/aromatic N) is 6. The molecule has 180 valence electrons. The topological polar surface area (TPSA) is 139 Å². The average molecular weight is 501 g/mol. The van der Waals surface area contributed by atoms with E-state index in [-0.39, 0.29) is 36.4 Å². The molecule has 4 aromatic rings. The van der Waals surface area contributed by atoms with Crippen molar-refractivity contribution in [3.63, 3.8) is 0 Å². The van der Waals surface area contributed by atoms with Gasteiger partial charge in [-0.05, 0) is 29.8 Å². The Kier molecular flexibility index (Phi) is 6.03. The number of hydrogen-bond donors (Lipinski definition) is 0. The van der Waals surface area contributed by atoms with Crippen molar-refractivity contribution in [3.8, 4) is 34.3 Å². The number of carbonyl (C=O) groups is 1. The molecule has 4 heterocycles. The van der Waals surface area contributed by atoms with Crippen LogP contribution in [0.25, 0.3) is 33.3 Å². The number of benzene rings is 1. The van der Waals surface area contributed by atoms with Gasteiger partial charge in [0.05, 0.1) is 35.4 Å². The van der Waals surface area contributed by atoms with Gasteiger partial charge in [-0.25, -0.2) is 23.4 Å². The molecule has 1 aliphatic heterocycles. The molecule has 5 rings (SSSR count). The van der Waals surface area contributed by atoms with Crippen LogP contribution in [0.4, 0.5) is 0 Å². The van der Waals surface area contributed by atoms with Crippen molar-refractivity contribution < 1.29 is 17.9 Å². The van der Waals surface area contributed by atoms with Crippen LogP contribution in [-0.4, -0.2) is 70.9 Å². The fourth-order valence-corrected chi connectivity index (χ4v) is 5.30. The van der Waals surface area contributed by atoms with Crippen molar-refractivity contribution >= 4 is 26.6 Å². The van der Waals surface area contributed by atoms with Gasteiger partial charge in [0.1, 0.15) is 18.0 Å². The first-order valence-electron chi connectivity index (χ1n) is 11.0. The highest BCUT2D eigenvalue weighted by molar-refractivity contribution is 7.91. The summed E-state index contributed by atoms with van der Waals surface area (Å²) in [5.41, 5.74) is 4.12. The minimum Gasteiger partial charge on any atom is -0.480 e. The van der Waals surface area contributed by atoms with Crippen molar-refractivity contribution in [1.82, 2.24) is 24.8 Å². The Bertz CT molecular complexity index is 1630. The summed E-state index contributed by atoms with van der Waals surface area (Å²) in [6.45, 7) is 0.317. The van der Waals surface area contributed by atoms with Gasteiger partial charge >= 0.3 is 0 Å². The normalized spacial score (nSPS) is 14.8. The quantitative estimate of drug-likeness (QED) is 0.413. The maximum Gasteiger partial charge on any atom is 0.255 e. The number of sulfone groups is 1. The summed E-state index contributed by atoms with van der Waals surface area (Å²) in [7, 11) is -1.64. The van der Waals surface area contributed by atoms with Gasteiger partial charge in [0.15, 0.2) is 9.84 Å². The van der Waals surface area contributed by atoms with E-state index >= 15 is 0 Å². The van der Waals surface area contributed by atoms with E-state index in [1.54, 1.807) is 24.5 Å². The lowest BCUT2D eigenvalue weighted by Crippen LogP contribution is -2.43. The van der Waals surface area contributed by atoms with E-state index in [1.165, 1.54) is 24.5 Å². The monoisotopic (exact) mass is 500 g/mol. The lowest BCUT2D eigenvalue weighted by Gasteiger charge is -2.26. The second-order valence-corrected chi connectivity index (χ2v) is 10.6. The summed E-state index contributed by atoms with van der Waals surface area (Å²) in [4.78, 5) is 31.8. The van der Waals surface area contributed by atoms with Crippen LogP contribution in [0.15, 0.2) is 55.2 Å². The van der Waals surface area contributed by atoms with E-state index in [0.717, 1.165) is 16.5 Å². The number of pyridine rings is 2. The summed E-state index contributed by atoms with van der Waals surface area (Å²) < 4.78 is 28.6. The number of aromatic nitrogens is 4. The number of methoxy groups -OCH3 is 1. The molecule has 1 aliphatic rings. The average Bonchev–Trinajstić information content (AvgIpc) is 2.91. The van der Waals surface area contributed by atoms with E-state index in [2.05, 4.69) is 26.0 Å². The van der Waals surface area contributed by atoms with Crippen molar-refractivity contribution in [1.29, 1.82) is 5.26 Å². The van der Waals surface area contributed by atoms with Crippen LogP contribution in [0, 0.1) is 11.3 Å². The van der Waals surface area contributed by atoms with E-state index in [1.807, 2.05) is 18.2 Å². The van der Waals surface area contributed by atoms with E-state index in [0.29, 0.717) is 27.9 Å². The highest BCUT2D eigenvalue weighted by Gasteiger charge is 2.26. The molecular formula is C25H20N6O4S. The molecule has 1 fully saturated rings. The van der Waals surface area contributed by atoms with Gasteiger partial charge in [-0.15, -0.1) is 0 Å². The first-order valence-corrected chi connectivity index (χ1v) is 12.8. The Morgan fingerprint density at radius 3 is 2.56 bits per heavy atom. The molecule has 0 unspecified atom stereocenters. The van der Waals surface area contributed by atoms with Gasteiger partial charge < -0.3 is 9.64 Å². The molecule has 0 radical (unpaired) electrons. The lowest BCUT2D eigenvalue weighted by atomic mass is 10.0. The standard InChI is InChI=1S/C25H20N6O4S/c1-35-24-17(11-26)8-18(14-28-24)16-2-3-22-21(10-16)23(30-15-29-22)19-9-20(13-27-12-19)25(32)31-4-6-36(33,34)7-5-31/h2-3,8-10,12-15H,4-7H2,1H3. The Labute approximate surface area is 207 Å². The van der Waals surface area contributed by atoms with Crippen molar-refractivity contribution in [2.24, 2.45) is 0 Å². The minimum absolute atomic E-state index is 0.0427. The molecule has 1 aromatic carbocycles. The molecule has 1 saturated heterocycles. The Balaban J connectivity index is 1.53. The zero-order chi connectivity index (χ0) is 25.3. The predicted octanol–water partition coefficient (Wildman–Crippen LogP) is 2.50. The van der Waals surface area contributed by atoms with Crippen LogP contribution >= 0.6 is 0 Å². The highest BCUT2D eigenvalue weighted by Crippen LogP contribution is 2.31. The highest BCUT2D eigenvalue weighted by atomic mass is 32.2. The fourth-order valence-electron chi connectivity index (χ4n) is 4.10. The molecular weight excluding hydrogens is 480 g/mol. The van der Waals surface area contributed by atoms with Gasteiger partial charge in [0.2, 0.25) is 5.88 Å². The zero-order valence-electron chi connectivity index (χ0n) is 19.2. The van der Waals surface area contributed by atoms with Crippen LogP contribution in [0.2, 0.25) is 0 Å². The van der Waals surface area contributed by atoms with Crippen LogP contribution in [0.1, 0.15) is 15.9 Å². The molecule has 0 N–H and O–H groups in total. The Morgan fingerprint density at radius 2 is 1.81 bits per heavy atom. The number of nitriles is 1.